The molecule has 0 fully saturated rings. The lowest BCUT2D eigenvalue weighted by Gasteiger charge is -2.12. The standard InChI is InChI=1S/C12H11Cl2N3O/c1-7-5-9(10(18-2)6-8(7)13)15-12-4-3-11(14)16-17-12/h3-6H,1-2H3,(H,15,17). The number of aromatic nitrogens is 2. The number of halogens is 2. The van der Waals surface area contributed by atoms with E-state index in [4.69, 9.17) is 27.9 Å². The van der Waals surface area contributed by atoms with E-state index in [-0.39, 0.29) is 0 Å². The molecule has 0 aliphatic rings. The number of nitrogens with one attached hydrogen (secondary N) is 1. The van der Waals surface area contributed by atoms with Gasteiger partial charge in [0, 0.05) is 11.1 Å². The van der Waals surface area contributed by atoms with Gasteiger partial charge in [-0.3, -0.25) is 0 Å². The number of aryl methyl sites for hydroxylation is 1. The third kappa shape index (κ3) is 2.83. The Labute approximate surface area is 115 Å². The molecule has 0 aliphatic carbocycles. The minimum atomic E-state index is 0.347. The molecule has 18 heavy (non-hydrogen) atoms. The molecule has 1 aromatic heterocycles. The molecule has 94 valence electrons. The van der Waals surface area contributed by atoms with E-state index in [2.05, 4.69) is 15.5 Å². The topological polar surface area (TPSA) is 47.0 Å². The van der Waals surface area contributed by atoms with Gasteiger partial charge in [-0.1, -0.05) is 23.2 Å². The van der Waals surface area contributed by atoms with Crippen LogP contribution in [0, 0.1) is 6.92 Å². The molecule has 0 saturated carbocycles. The summed E-state index contributed by atoms with van der Waals surface area (Å²) >= 11 is 11.7. The minimum absolute atomic E-state index is 0.347. The Balaban J connectivity index is 2.33. The van der Waals surface area contributed by atoms with Crippen LogP contribution in [0.3, 0.4) is 0 Å². The average molecular weight is 284 g/mol. The van der Waals surface area contributed by atoms with Gasteiger partial charge in [-0.15, -0.1) is 10.2 Å². The van der Waals surface area contributed by atoms with E-state index >= 15 is 0 Å². The van der Waals surface area contributed by atoms with Gasteiger partial charge in [0.1, 0.15) is 5.75 Å². The summed E-state index contributed by atoms with van der Waals surface area (Å²) in [5.41, 5.74) is 1.72. The number of rotatable bonds is 3. The second kappa shape index (κ2) is 5.42. The normalized spacial score (nSPS) is 10.2. The van der Waals surface area contributed by atoms with Crippen LogP contribution in [0.2, 0.25) is 10.2 Å². The predicted molar refractivity (Wildman–Crippen MR) is 73.1 cm³/mol. The molecule has 0 atom stereocenters. The summed E-state index contributed by atoms with van der Waals surface area (Å²) in [4.78, 5) is 0. The summed E-state index contributed by atoms with van der Waals surface area (Å²) < 4.78 is 5.26. The van der Waals surface area contributed by atoms with E-state index in [1.54, 1.807) is 25.3 Å². The molecule has 0 amide bonds. The van der Waals surface area contributed by atoms with Gasteiger partial charge in [0.05, 0.1) is 12.8 Å². The van der Waals surface area contributed by atoms with Gasteiger partial charge >= 0.3 is 0 Å². The Morgan fingerprint density at radius 1 is 1.17 bits per heavy atom. The van der Waals surface area contributed by atoms with Crippen LogP contribution in [-0.4, -0.2) is 17.3 Å². The number of hydrogen-bond donors (Lipinski definition) is 1. The van der Waals surface area contributed by atoms with Crippen LogP contribution >= 0.6 is 23.2 Å². The Bertz CT molecular complexity index is 558. The number of ether oxygens (including phenoxy) is 1. The Morgan fingerprint density at radius 3 is 2.56 bits per heavy atom. The molecule has 2 aromatic rings. The molecule has 1 aromatic carbocycles. The van der Waals surface area contributed by atoms with E-state index in [0.29, 0.717) is 21.7 Å². The summed E-state index contributed by atoms with van der Waals surface area (Å²) in [7, 11) is 1.58. The highest BCUT2D eigenvalue weighted by Crippen LogP contribution is 2.32. The van der Waals surface area contributed by atoms with Crippen molar-refractivity contribution in [2.45, 2.75) is 6.92 Å². The second-order valence-corrected chi connectivity index (χ2v) is 4.46. The van der Waals surface area contributed by atoms with Crippen LogP contribution in [-0.2, 0) is 0 Å². The van der Waals surface area contributed by atoms with E-state index in [9.17, 15) is 0 Å². The maximum atomic E-state index is 6.04. The first-order valence-electron chi connectivity index (χ1n) is 5.20. The van der Waals surface area contributed by atoms with Crippen LogP contribution in [0.4, 0.5) is 11.5 Å². The van der Waals surface area contributed by atoms with Crippen LogP contribution in [0.15, 0.2) is 24.3 Å². The smallest absolute Gasteiger partial charge is 0.153 e. The summed E-state index contributed by atoms with van der Waals surface area (Å²) in [6.45, 7) is 1.92. The summed E-state index contributed by atoms with van der Waals surface area (Å²) in [6.07, 6.45) is 0. The van der Waals surface area contributed by atoms with Crippen LogP contribution in [0.1, 0.15) is 5.56 Å². The monoisotopic (exact) mass is 283 g/mol. The fourth-order valence-corrected chi connectivity index (χ4v) is 1.70. The van der Waals surface area contributed by atoms with Crippen molar-refractivity contribution in [1.82, 2.24) is 10.2 Å². The van der Waals surface area contributed by atoms with Crippen molar-refractivity contribution >= 4 is 34.7 Å². The Kier molecular flexibility index (Phi) is 3.89. The SMILES string of the molecule is COc1cc(Cl)c(C)cc1Nc1ccc(Cl)nn1. The fourth-order valence-electron chi connectivity index (χ4n) is 1.45. The van der Waals surface area contributed by atoms with Gasteiger partial charge in [-0.25, -0.2) is 0 Å². The van der Waals surface area contributed by atoms with Crippen molar-refractivity contribution in [1.29, 1.82) is 0 Å². The number of anilines is 2. The van der Waals surface area contributed by atoms with Gasteiger partial charge < -0.3 is 10.1 Å². The summed E-state index contributed by atoms with van der Waals surface area (Å²) in [5.74, 6) is 1.22. The molecule has 0 unspecified atom stereocenters. The van der Waals surface area contributed by atoms with Crippen LogP contribution in [0.25, 0.3) is 0 Å². The van der Waals surface area contributed by atoms with Crippen molar-refractivity contribution < 1.29 is 4.74 Å². The molecule has 4 nitrogen and oxygen atoms in total. The van der Waals surface area contributed by atoms with Crippen LogP contribution < -0.4 is 10.1 Å². The van der Waals surface area contributed by atoms with E-state index in [1.807, 2.05) is 13.0 Å². The third-order valence-corrected chi connectivity index (χ3v) is 2.98. The zero-order valence-electron chi connectivity index (χ0n) is 9.87. The minimum Gasteiger partial charge on any atom is -0.495 e. The van der Waals surface area contributed by atoms with Crippen molar-refractivity contribution in [2.24, 2.45) is 0 Å². The molecule has 1 heterocycles. The van der Waals surface area contributed by atoms with Crippen molar-refractivity contribution in [3.05, 3.63) is 40.0 Å². The largest absolute Gasteiger partial charge is 0.495 e. The zero-order chi connectivity index (χ0) is 13.1. The first kappa shape index (κ1) is 12.9. The molecule has 0 saturated heterocycles. The highest BCUT2D eigenvalue weighted by molar-refractivity contribution is 6.31. The maximum absolute atomic E-state index is 6.04. The Morgan fingerprint density at radius 2 is 1.94 bits per heavy atom. The van der Waals surface area contributed by atoms with Gasteiger partial charge in [-0.05, 0) is 30.7 Å². The number of hydrogen-bond acceptors (Lipinski definition) is 4. The molecule has 0 radical (unpaired) electrons. The Hall–Kier alpha value is -1.52. The molecule has 0 bridgehead atoms. The van der Waals surface area contributed by atoms with E-state index in [1.165, 1.54) is 0 Å². The molecule has 2 rings (SSSR count). The fraction of sp³-hybridized carbons (Fsp3) is 0.167. The number of nitrogens with zero attached hydrogens (tertiary/aromatic N) is 2. The lowest BCUT2D eigenvalue weighted by Crippen LogP contribution is -1.98. The van der Waals surface area contributed by atoms with E-state index in [0.717, 1.165) is 11.3 Å². The average Bonchev–Trinajstić information content (AvgIpc) is 2.36. The lowest BCUT2D eigenvalue weighted by molar-refractivity contribution is 0.416. The highest BCUT2D eigenvalue weighted by atomic mass is 35.5. The number of benzene rings is 1. The molecule has 1 N–H and O–H groups in total. The first-order valence-corrected chi connectivity index (χ1v) is 5.96. The first-order chi connectivity index (χ1) is 8.60. The van der Waals surface area contributed by atoms with Crippen molar-refractivity contribution in [3.8, 4) is 5.75 Å². The van der Waals surface area contributed by atoms with Crippen molar-refractivity contribution in [2.75, 3.05) is 12.4 Å². The highest BCUT2D eigenvalue weighted by Gasteiger charge is 2.08. The van der Waals surface area contributed by atoms with Crippen molar-refractivity contribution in [3.63, 3.8) is 0 Å². The molecule has 0 aliphatic heterocycles. The van der Waals surface area contributed by atoms with Crippen LogP contribution in [0.5, 0.6) is 5.75 Å². The predicted octanol–water partition coefficient (Wildman–Crippen LogP) is 3.84. The van der Waals surface area contributed by atoms with Gasteiger partial charge in [0.2, 0.25) is 0 Å². The maximum Gasteiger partial charge on any atom is 0.153 e. The van der Waals surface area contributed by atoms with Gasteiger partial charge in [0.15, 0.2) is 11.0 Å². The molecular formula is C12H11Cl2N3O. The lowest BCUT2D eigenvalue weighted by atomic mass is 10.2. The van der Waals surface area contributed by atoms with Gasteiger partial charge in [-0.2, -0.15) is 0 Å². The van der Waals surface area contributed by atoms with Gasteiger partial charge in [0.25, 0.3) is 0 Å². The molecule has 0 spiro atoms. The third-order valence-electron chi connectivity index (χ3n) is 2.38. The summed E-state index contributed by atoms with van der Waals surface area (Å²) in [5, 5.41) is 11.8. The zero-order valence-corrected chi connectivity index (χ0v) is 11.4. The molecular weight excluding hydrogens is 273 g/mol. The van der Waals surface area contributed by atoms with E-state index < -0.39 is 0 Å². The molecule has 6 heteroatoms. The number of methoxy groups -OCH3 is 1. The second-order valence-electron chi connectivity index (χ2n) is 3.67. The quantitative estimate of drug-likeness (QED) is 0.930. The summed E-state index contributed by atoms with van der Waals surface area (Å²) in [6, 6.07) is 7.03.